The molecule has 1 N–H and O–H groups in total. The first-order chi connectivity index (χ1) is 12.2. The Labute approximate surface area is 197 Å². The van der Waals surface area contributed by atoms with E-state index in [1.807, 2.05) is 0 Å². The molecule has 0 bridgehead atoms. The summed E-state index contributed by atoms with van der Waals surface area (Å²) >= 11 is 0. The van der Waals surface area contributed by atoms with Crippen LogP contribution in [0.1, 0.15) is 31.4 Å². The number of allylic oxidation sites excluding steroid dienone is 3. The molecule has 0 aromatic heterocycles. The molecule has 5 heteroatoms. The Morgan fingerprint density at radius 2 is 1.82 bits per heavy atom. The van der Waals surface area contributed by atoms with Crippen molar-refractivity contribution < 1.29 is 60.9 Å². The number of hydrogen-bond donors (Lipinski definition) is 1. The number of aliphatic hydroxyl groups is 1. The number of benzene rings is 2. The van der Waals surface area contributed by atoms with Gasteiger partial charge in [0.25, 0.3) is 0 Å². The van der Waals surface area contributed by atoms with Gasteiger partial charge in [0.05, 0.1) is 6.61 Å². The molecule has 2 aliphatic rings. The number of hydrogen-bond acceptors (Lipinski definition) is 2. The minimum atomic E-state index is 0. The first kappa shape index (κ1) is 24.9. The largest absolute Gasteiger partial charge is 3.00 e. The molecule has 0 amide bonds. The van der Waals surface area contributed by atoms with Gasteiger partial charge in [-0.25, -0.2) is 0 Å². The number of ether oxygens (including phenoxy) is 1. The molecule has 0 aliphatic heterocycles. The third-order valence-corrected chi connectivity index (χ3v) is 4.74. The topological polar surface area (TPSA) is 29.5 Å². The van der Waals surface area contributed by atoms with E-state index in [4.69, 9.17) is 9.84 Å². The SMILES string of the molecule is CC(C)=c1ccc2c(c1C1=CC(OCCO)=CC1)[C-]=c1ccccc1=2.[Cl-].[Cl-].[Zr+3]. The molecule has 1 radical (unpaired) electrons. The van der Waals surface area contributed by atoms with Crippen molar-refractivity contribution >= 4 is 17.2 Å². The van der Waals surface area contributed by atoms with Crippen LogP contribution in [-0.2, 0) is 30.9 Å². The Balaban J connectivity index is 0.00000131. The summed E-state index contributed by atoms with van der Waals surface area (Å²) in [7, 11) is 0. The Morgan fingerprint density at radius 1 is 1.07 bits per heavy atom. The van der Waals surface area contributed by atoms with Crippen molar-refractivity contribution in [2.45, 2.75) is 20.3 Å². The first-order valence-corrected chi connectivity index (χ1v) is 8.67. The normalized spacial score (nSPS) is 12.8. The van der Waals surface area contributed by atoms with Gasteiger partial charge in [-0.15, -0.1) is 33.4 Å². The number of rotatable bonds is 4. The predicted octanol–water partition coefficient (Wildman–Crippen LogP) is -3.13. The Hall–Kier alpha value is -1.12. The molecule has 2 aromatic carbocycles. The van der Waals surface area contributed by atoms with Gasteiger partial charge in [-0.2, -0.15) is 0 Å². The first-order valence-electron chi connectivity index (χ1n) is 8.67. The van der Waals surface area contributed by atoms with Crippen molar-refractivity contribution in [3.63, 3.8) is 0 Å². The van der Waals surface area contributed by atoms with Crippen LogP contribution in [-0.4, -0.2) is 18.3 Å². The zero-order valence-electron chi connectivity index (χ0n) is 15.9. The van der Waals surface area contributed by atoms with Gasteiger partial charge < -0.3 is 34.7 Å². The van der Waals surface area contributed by atoms with E-state index in [1.165, 1.54) is 37.9 Å². The van der Waals surface area contributed by atoms with Gasteiger partial charge in [0.2, 0.25) is 0 Å². The van der Waals surface area contributed by atoms with Gasteiger partial charge in [0, 0.05) is 0 Å². The van der Waals surface area contributed by atoms with Gasteiger partial charge >= 0.3 is 26.2 Å². The van der Waals surface area contributed by atoms with E-state index in [0.717, 1.165) is 17.4 Å². The molecular formula is C23H21Cl2O2Zr. The maximum absolute atomic E-state index is 8.97. The zero-order valence-corrected chi connectivity index (χ0v) is 19.8. The third-order valence-electron chi connectivity index (χ3n) is 4.74. The van der Waals surface area contributed by atoms with Gasteiger partial charge in [-0.3, -0.25) is 0 Å². The van der Waals surface area contributed by atoms with Crippen molar-refractivity contribution in [3.05, 3.63) is 86.3 Å². The summed E-state index contributed by atoms with van der Waals surface area (Å²) in [5.74, 6) is 0.844. The number of aliphatic hydroxyl groups excluding tert-OH is 1. The number of halogens is 2. The summed E-state index contributed by atoms with van der Waals surface area (Å²) in [6.07, 6.45) is 8.65. The molecule has 0 heterocycles. The summed E-state index contributed by atoms with van der Waals surface area (Å²) in [6, 6.07) is 12.9. The van der Waals surface area contributed by atoms with E-state index < -0.39 is 0 Å². The van der Waals surface area contributed by atoms with E-state index in [2.05, 4.69) is 68.5 Å². The molecule has 0 saturated heterocycles. The standard InChI is InChI=1S/C23H21O2.2ClH.Zr/c1-15(2)19-9-10-21-20-6-4-3-5-16(20)14-22(21)23(19)17-7-8-18(13-17)25-12-11-24;;;/h3-6,8-10,13,24H,7,11-12H2,1-2H3;2*1H;/q-1;;;+3/p-2. The molecule has 4 rings (SSSR count). The summed E-state index contributed by atoms with van der Waals surface area (Å²) in [5.41, 5.74) is 4.98. The second kappa shape index (κ2) is 10.6. The molecule has 143 valence electrons. The van der Waals surface area contributed by atoms with Crippen molar-refractivity contribution in [2.75, 3.05) is 13.2 Å². The predicted molar refractivity (Wildman–Crippen MR) is 101 cm³/mol. The summed E-state index contributed by atoms with van der Waals surface area (Å²) in [5, 5.41) is 13.9. The Morgan fingerprint density at radius 3 is 2.54 bits per heavy atom. The molecule has 0 spiro atoms. The van der Waals surface area contributed by atoms with E-state index in [1.54, 1.807) is 0 Å². The van der Waals surface area contributed by atoms with Crippen LogP contribution >= 0.6 is 0 Å². The number of fused-ring (bicyclic) bond motifs is 2. The monoisotopic (exact) mass is 489 g/mol. The summed E-state index contributed by atoms with van der Waals surface area (Å²) in [6.45, 7) is 4.67. The molecule has 2 aromatic rings. The van der Waals surface area contributed by atoms with E-state index >= 15 is 0 Å². The molecule has 0 saturated carbocycles. The van der Waals surface area contributed by atoms with Gasteiger partial charge in [0.1, 0.15) is 12.4 Å². The quantitative estimate of drug-likeness (QED) is 0.392. The second-order valence-electron chi connectivity index (χ2n) is 6.63. The average molecular weight is 492 g/mol. The molecule has 0 fully saturated rings. The van der Waals surface area contributed by atoms with E-state index in [9.17, 15) is 0 Å². The fourth-order valence-corrected chi connectivity index (χ4v) is 3.61. The summed E-state index contributed by atoms with van der Waals surface area (Å²) < 4.78 is 5.59. The Kier molecular flexibility index (Phi) is 9.43. The Bertz CT molecular complexity index is 1130. The molecular weight excluding hydrogens is 470 g/mol. The van der Waals surface area contributed by atoms with Crippen LogP contribution in [0, 0.1) is 10.4 Å². The molecule has 28 heavy (non-hydrogen) atoms. The fraction of sp³-hybridized carbons (Fsp3) is 0.217. The average Bonchev–Trinajstić information content (AvgIpc) is 3.23. The van der Waals surface area contributed by atoms with Gasteiger partial charge in [-0.05, 0) is 32.4 Å². The van der Waals surface area contributed by atoms with Crippen molar-refractivity contribution in [3.8, 4) is 0 Å². The molecule has 0 unspecified atom stereocenters. The van der Waals surface area contributed by atoms with Crippen molar-refractivity contribution in [2.24, 2.45) is 0 Å². The van der Waals surface area contributed by atoms with Crippen molar-refractivity contribution in [1.82, 2.24) is 0 Å². The van der Waals surface area contributed by atoms with Gasteiger partial charge in [-0.1, -0.05) is 52.3 Å². The van der Waals surface area contributed by atoms with Crippen molar-refractivity contribution in [1.29, 1.82) is 0 Å². The minimum absolute atomic E-state index is 0. The second-order valence-corrected chi connectivity index (χ2v) is 6.63. The summed E-state index contributed by atoms with van der Waals surface area (Å²) in [4.78, 5) is 0. The fourth-order valence-electron chi connectivity index (χ4n) is 3.61. The maximum Gasteiger partial charge on any atom is 3.00 e. The van der Waals surface area contributed by atoms with E-state index in [0.29, 0.717) is 6.61 Å². The van der Waals surface area contributed by atoms with Crippen LogP contribution in [0.3, 0.4) is 0 Å². The van der Waals surface area contributed by atoms with Gasteiger partial charge in [0.15, 0.2) is 0 Å². The van der Waals surface area contributed by atoms with Crippen LogP contribution in [0.15, 0.2) is 54.3 Å². The van der Waals surface area contributed by atoms with Crippen LogP contribution in [0.4, 0.5) is 0 Å². The third kappa shape index (κ3) is 4.54. The smallest absolute Gasteiger partial charge is 1.00 e. The zero-order chi connectivity index (χ0) is 17.4. The van der Waals surface area contributed by atoms with Crippen LogP contribution < -0.4 is 35.3 Å². The molecule has 2 aliphatic carbocycles. The van der Waals surface area contributed by atoms with E-state index in [-0.39, 0.29) is 57.6 Å². The minimum Gasteiger partial charge on any atom is -1.00 e. The maximum atomic E-state index is 8.97. The molecule has 0 atom stereocenters. The molecule has 2 nitrogen and oxygen atoms in total. The van der Waals surface area contributed by atoms with Crippen LogP contribution in [0.2, 0.25) is 0 Å². The van der Waals surface area contributed by atoms with Crippen LogP contribution in [0.5, 0.6) is 0 Å². The van der Waals surface area contributed by atoms with Crippen LogP contribution in [0.25, 0.3) is 17.2 Å².